The molecule has 4 heteroatoms. The van der Waals surface area contributed by atoms with E-state index >= 15 is 0 Å². The summed E-state index contributed by atoms with van der Waals surface area (Å²) in [7, 11) is 0. The van der Waals surface area contributed by atoms with Crippen LogP contribution in [0, 0.1) is 13.8 Å². The molecule has 0 aliphatic carbocycles. The number of hydrogen-bond donors (Lipinski definition) is 2. The molecular weight excluding hydrogens is 271 g/mol. The number of benzene rings is 1. The first-order valence-corrected chi connectivity index (χ1v) is 6.88. The standard InChI is InChI=1S/C14H20Cl2O2/c1-7-5-12(14(16)10(4)18)8(2)6-11(7)13(15)9(3)17/h5-6,9-10,13-14,17-18H,1-4H3. The molecule has 1 aromatic carbocycles. The lowest BCUT2D eigenvalue weighted by Gasteiger charge is -2.21. The highest BCUT2D eigenvalue weighted by molar-refractivity contribution is 6.22. The molecule has 0 fully saturated rings. The first-order valence-electron chi connectivity index (χ1n) is 6.01. The van der Waals surface area contributed by atoms with Gasteiger partial charge in [0.05, 0.1) is 23.0 Å². The Morgan fingerprint density at radius 3 is 1.33 bits per heavy atom. The molecule has 0 bridgehead atoms. The highest BCUT2D eigenvalue weighted by atomic mass is 35.5. The summed E-state index contributed by atoms with van der Waals surface area (Å²) in [6.07, 6.45) is -1.22. The molecule has 0 saturated heterocycles. The van der Waals surface area contributed by atoms with E-state index in [0.29, 0.717) is 0 Å². The van der Waals surface area contributed by atoms with Gasteiger partial charge in [0, 0.05) is 0 Å². The number of hydrogen-bond acceptors (Lipinski definition) is 2. The Bertz CT molecular complexity index is 377. The van der Waals surface area contributed by atoms with Gasteiger partial charge in [0.1, 0.15) is 0 Å². The molecule has 2 N–H and O–H groups in total. The summed E-state index contributed by atoms with van der Waals surface area (Å²) in [5, 5.41) is 18.3. The van der Waals surface area contributed by atoms with Gasteiger partial charge in [-0.1, -0.05) is 12.1 Å². The molecule has 0 radical (unpaired) electrons. The van der Waals surface area contributed by atoms with E-state index in [9.17, 15) is 10.2 Å². The average Bonchev–Trinajstić information content (AvgIpc) is 2.29. The van der Waals surface area contributed by atoms with Crippen molar-refractivity contribution in [2.75, 3.05) is 0 Å². The Morgan fingerprint density at radius 1 is 0.833 bits per heavy atom. The number of aliphatic hydroxyl groups excluding tert-OH is 2. The van der Waals surface area contributed by atoms with E-state index in [1.165, 1.54) is 0 Å². The highest BCUT2D eigenvalue weighted by Gasteiger charge is 2.21. The molecule has 0 aliphatic rings. The van der Waals surface area contributed by atoms with E-state index in [1.807, 2.05) is 26.0 Å². The monoisotopic (exact) mass is 290 g/mol. The Balaban J connectivity index is 3.20. The van der Waals surface area contributed by atoms with Gasteiger partial charge >= 0.3 is 0 Å². The summed E-state index contributed by atoms with van der Waals surface area (Å²) in [6.45, 7) is 7.20. The van der Waals surface area contributed by atoms with E-state index < -0.39 is 23.0 Å². The molecule has 0 amide bonds. The summed E-state index contributed by atoms with van der Waals surface area (Å²) in [5.41, 5.74) is 3.76. The Morgan fingerprint density at radius 2 is 1.11 bits per heavy atom. The summed E-state index contributed by atoms with van der Waals surface area (Å²) >= 11 is 12.4. The predicted octanol–water partition coefficient (Wildman–Crippen LogP) is 3.62. The van der Waals surface area contributed by atoms with Gasteiger partial charge < -0.3 is 10.2 Å². The molecule has 4 unspecified atom stereocenters. The maximum absolute atomic E-state index is 9.56. The molecular formula is C14H20Cl2O2. The Hall–Kier alpha value is -0.280. The molecule has 1 aromatic rings. The molecule has 0 heterocycles. The molecule has 0 aromatic heterocycles. The van der Waals surface area contributed by atoms with Crippen molar-refractivity contribution in [1.82, 2.24) is 0 Å². The van der Waals surface area contributed by atoms with E-state index in [1.54, 1.807) is 13.8 Å². The molecule has 4 atom stereocenters. The van der Waals surface area contributed by atoms with Crippen molar-refractivity contribution >= 4 is 23.2 Å². The minimum absolute atomic E-state index is 0.432. The lowest BCUT2D eigenvalue weighted by atomic mass is 9.93. The number of aliphatic hydroxyl groups is 2. The van der Waals surface area contributed by atoms with E-state index in [0.717, 1.165) is 22.3 Å². The second-order valence-corrected chi connectivity index (χ2v) is 5.79. The maximum atomic E-state index is 9.56. The van der Waals surface area contributed by atoms with Gasteiger partial charge in [0.2, 0.25) is 0 Å². The van der Waals surface area contributed by atoms with E-state index in [2.05, 4.69) is 0 Å². The largest absolute Gasteiger partial charge is 0.392 e. The van der Waals surface area contributed by atoms with Gasteiger partial charge in [-0.3, -0.25) is 0 Å². The molecule has 0 saturated carbocycles. The van der Waals surface area contributed by atoms with Gasteiger partial charge in [0.15, 0.2) is 0 Å². The van der Waals surface area contributed by atoms with Gasteiger partial charge in [-0.25, -0.2) is 0 Å². The number of alkyl halides is 2. The van der Waals surface area contributed by atoms with Crippen molar-refractivity contribution in [1.29, 1.82) is 0 Å². The fourth-order valence-corrected chi connectivity index (χ4v) is 2.44. The van der Waals surface area contributed by atoms with Crippen LogP contribution in [0.2, 0.25) is 0 Å². The molecule has 2 nitrogen and oxygen atoms in total. The molecule has 0 aliphatic heterocycles. The molecule has 1 rings (SSSR count). The van der Waals surface area contributed by atoms with Crippen molar-refractivity contribution in [3.8, 4) is 0 Å². The lowest BCUT2D eigenvalue weighted by molar-refractivity contribution is 0.188. The van der Waals surface area contributed by atoms with Crippen LogP contribution in [0.4, 0.5) is 0 Å². The fourth-order valence-electron chi connectivity index (χ4n) is 1.97. The quantitative estimate of drug-likeness (QED) is 0.832. The Labute approximate surface area is 119 Å². The second-order valence-electron chi connectivity index (χ2n) is 4.85. The predicted molar refractivity (Wildman–Crippen MR) is 76.5 cm³/mol. The lowest BCUT2D eigenvalue weighted by Crippen LogP contribution is -2.13. The van der Waals surface area contributed by atoms with Crippen LogP contribution in [-0.4, -0.2) is 22.4 Å². The number of aryl methyl sites for hydroxylation is 2. The molecule has 0 spiro atoms. The molecule has 102 valence electrons. The third-order valence-electron chi connectivity index (χ3n) is 3.10. The average molecular weight is 291 g/mol. The zero-order valence-electron chi connectivity index (χ0n) is 11.1. The van der Waals surface area contributed by atoms with Crippen LogP contribution >= 0.6 is 23.2 Å². The smallest absolute Gasteiger partial charge is 0.0844 e. The normalized spacial score (nSPS) is 18.2. The minimum atomic E-state index is -0.612. The first kappa shape index (κ1) is 15.8. The number of rotatable bonds is 4. The summed E-state index contributed by atoms with van der Waals surface area (Å²) in [4.78, 5) is 0. The summed E-state index contributed by atoms with van der Waals surface area (Å²) in [6, 6.07) is 3.87. The van der Waals surface area contributed by atoms with Gasteiger partial charge in [-0.05, 0) is 49.9 Å². The topological polar surface area (TPSA) is 40.5 Å². The van der Waals surface area contributed by atoms with Crippen LogP contribution < -0.4 is 0 Å². The maximum Gasteiger partial charge on any atom is 0.0844 e. The van der Waals surface area contributed by atoms with Gasteiger partial charge in [-0.2, -0.15) is 0 Å². The highest BCUT2D eigenvalue weighted by Crippen LogP contribution is 2.34. The minimum Gasteiger partial charge on any atom is -0.392 e. The fraction of sp³-hybridized carbons (Fsp3) is 0.571. The Kier molecular flexibility index (Phi) is 5.47. The van der Waals surface area contributed by atoms with Crippen LogP contribution in [0.15, 0.2) is 12.1 Å². The van der Waals surface area contributed by atoms with Crippen molar-refractivity contribution in [2.45, 2.75) is 50.7 Å². The van der Waals surface area contributed by atoms with Crippen LogP contribution in [0.3, 0.4) is 0 Å². The van der Waals surface area contributed by atoms with Gasteiger partial charge in [-0.15, -0.1) is 23.2 Å². The third-order valence-corrected chi connectivity index (χ3v) is 4.30. The van der Waals surface area contributed by atoms with Crippen LogP contribution in [0.25, 0.3) is 0 Å². The molecule has 18 heavy (non-hydrogen) atoms. The second kappa shape index (κ2) is 6.25. The van der Waals surface area contributed by atoms with Crippen molar-refractivity contribution in [3.63, 3.8) is 0 Å². The van der Waals surface area contributed by atoms with Crippen molar-refractivity contribution in [2.24, 2.45) is 0 Å². The first-order chi connectivity index (χ1) is 8.25. The zero-order chi connectivity index (χ0) is 14.0. The summed E-state index contributed by atoms with van der Waals surface area (Å²) in [5.74, 6) is 0. The van der Waals surface area contributed by atoms with E-state index in [4.69, 9.17) is 23.2 Å². The van der Waals surface area contributed by atoms with Crippen LogP contribution in [-0.2, 0) is 0 Å². The van der Waals surface area contributed by atoms with Crippen LogP contribution in [0.1, 0.15) is 46.9 Å². The zero-order valence-corrected chi connectivity index (χ0v) is 12.6. The number of halogens is 2. The van der Waals surface area contributed by atoms with E-state index in [-0.39, 0.29) is 0 Å². The summed E-state index contributed by atoms with van der Waals surface area (Å²) < 4.78 is 0. The van der Waals surface area contributed by atoms with Crippen molar-refractivity contribution < 1.29 is 10.2 Å². The third kappa shape index (κ3) is 3.39. The van der Waals surface area contributed by atoms with Gasteiger partial charge in [0.25, 0.3) is 0 Å². The van der Waals surface area contributed by atoms with Crippen LogP contribution in [0.5, 0.6) is 0 Å². The SMILES string of the molecule is Cc1cc(C(Cl)C(C)O)c(C)cc1C(Cl)C(C)O. The van der Waals surface area contributed by atoms with Crippen molar-refractivity contribution in [3.05, 3.63) is 34.4 Å².